The summed E-state index contributed by atoms with van der Waals surface area (Å²) in [6.45, 7) is 7.63. The van der Waals surface area contributed by atoms with Crippen LogP contribution in [0, 0.1) is 6.92 Å². The minimum atomic E-state index is -3.20. The highest BCUT2D eigenvalue weighted by Crippen LogP contribution is 2.30. The van der Waals surface area contributed by atoms with Crippen molar-refractivity contribution >= 4 is 15.8 Å². The Morgan fingerprint density at radius 2 is 1.69 bits per heavy atom. The van der Waals surface area contributed by atoms with E-state index in [1.54, 1.807) is 13.1 Å². The Kier molecular flexibility index (Phi) is 7.85. The zero-order valence-electron chi connectivity index (χ0n) is 18.1. The molecule has 29 heavy (non-hydrogen) atoms. The lowest BCUT2D eigenvalue weighted by atomic mass is 9.76. The molecule has 0 spiro atoms. The molecule has 2 aromatic carbocycles. The quantitative estimate of drug-likeness (QED) is 0.508. The Morgan fingerprint density at radius 1 is 1.03 bits per heavy atom. The van der Waals surface area contributed by atoms with Crippen LogP contribution in [0.3, 0.4) is 0 Å². The van der Waals surface area contributed by atoms with Crippen molar-refractivity contribution in [1.82, 2.24) is 10.6 Å². The normalized spacial score (nSPS) is 12.7. The van der Waals surface area contributed by atoms with Crippen molar-refractivity contribution < 1.29 is 8.42 Å². The molecule has 2 aromatic rings. The number of hydrogen-bond acceptors (Lipinski definition) is 3. The van der Waals surface area contributed by atoms with E-state index < -0.39 is 9.84 Å². The fraction of sp³-hybridized carbons (Fsp3) is 0.435. The number of hydrogen-bond donors (Lipinski definition) is 2. The van der Waals surface area contributed by atoms with Gasteiger partial charge in [-0.2, -0.15) is 0 Å². The van der Waals surface area contributed by atoms with Crippen LogP contribution in [0.15, 0.2) is 58.4 Å². The molecule has 0 radical (unpaired) electrons. The zero-order valence-corrected chi connectivity index (χ0v) is 18.9. The summed E-state index contributed by atoms with van der Waals surface area (Å²) < 4.78 is 23.6. The number of guanidine groups is 1. The highest BCUT2D eigenvalue weighted by Gasteiger charge is 2.28. The van der Waals surface area contributed by atoms with Crippen LogP contribution in [0.1, 0.15) is 43.4 Å². The van der Waals surface area contributed by atoms with Crippen LogP contribution in [0.5, 0.6) is 0 Å². The second kappa shape index (κ2) is 9.92. The second-order valence-electron chi connectivity index (χ2n) is 7.50. The number of sulfone groups is 1. The monoisotopic (exact) mass is 415 g/mol. The molecular weight excluding hydrogens is 382 g/mol. The fourth-order valence-corrected chi connectivity index (χ4v) is 4.66. The van der Waals surface area contributed by atoms with Crippen molar-refractivity contribution in [2.24, 2.45) is 4.99 Å². The van der Waals surface area contributed by atoms with Gasteiger partial charge in [-0.05, 0) is 42.5 Å². The summed E-state index contributed by atoms with van der Waals surface area (Å²) in [6.07, 6.45) is 3.30. The van der Waals surface area contributed by atoms with Gasteiger partial charge < -0.3 is 10.6 Å². The molecule has 0 fully saturated rings. The Hall–Kier alpha value is -2.34. The maximum Gasteiger partial charge on any atom is 0.191 e. The van der Waals surface area contributed by atoms with Crippen LogP contribution in [0.4, 0.5) is 0 Å². The molecule has 0 saturated carbocycles. The summed E-state index contributed by atoms with van der Waals surface area (Å²) in [5.74, 6) is 0.733. The lowest BCUT2D eigenvalue weighted by Crippen LogP contribution is -2.45. The molecular formula is C23H33N3O2S. The third kappa shape index (κ3) is 5.82. The molecule has 2 rings (SSSR count). The van der Waals surface area contributed by atoms with Gasteiger partial charge in [0.2, 0.25) is 0 Å². The Bertz CT molecular complexity index is 934. The number of benzene rings is 2. The van der Waals surface area contributed by atoms with Gasteiger partial charge in [-0.1, -0.05) is 56.3 Å². The van der Waals surface area contributed by atoms with Crippen molar-refractivity contribution in [3.05, 3.63) is 65.2 Å². The van der Waals surface area contributed by atoms with Crippen molar-refractivity contribution in [1.29, 1.82) is 0 Å². The fourth-order valence-electron chi connectivity index (χ4n) is 3.70. The molecule has 0 aliphatic heterocycles. The smallest absolute Gasteiger partial charge is 0.191 e. The van der Waals surface area contributed by atoms with E-state index in [9.17, 15) is 8.42 Å². The second-order valence-corrected chi connectivity index (χ2v) is 9.49. The maximum absolute atomic E-state index is 11.8. The van der Waals surface area contributed by atoms with E-state index in [1.165, 1.54) is 11.8 Å². The first-order valence-corrected chi connectivity index (χ1v) is 11.9. The highest BCUT2D eigenvalue weighted by molar-refractivity contribution is 7.90. The molecule has 158 valence electrons. The lowest BCUT2D eigenvalue weighted by Gasteiger charge is -2.33. The van der Waals surface area contributed by atoms with E-state index in [1.807, 2.05) is 25.1 Å². The highest BCUT2D eigenvalue weighted by atomic mass is 32.2. The van der Waals surface area contributed by atoms with E-state index in [4.69, 9.17) is 0 Å². The van der Waals surface area contributed by atoms with Crippen molar-refractivity contribution in [2.75, 3.05) is 19.8 Å². The summed E-state index contributed by atoms with van der Waals surface area (Å²) in [6, 6.07) is 16.0. The Labute approximate surface area is 175 Å². The molecule has 0 bridgehead atoms. The van der Waals surface area contributed by atoms with Gasteiger partial charge in [0, 0.05) is 31.8 Å². The number of aliphatic imine (C=N–C) groups is 1. The van der Waals surface area contributed by atoms with Crippen LogP contribution < -0.4 is 10.6 Å². The van der Waals surface area contributed by atoms with Gasteiger partial charge in [0.05, 0.1) is 4.90 Å². The molecule has 0 amide bonds. The van der Waals surface area contributed by atoms with Crippen LogP contribution in [-0.4, -0.2) is 34.2 Å². The molecule has 0 atom stereocenters. The Balaban J connectivity index is 2.05. The summed E-state index contributed by atoms with van der Waals surface area (Å²) in [5.41, 5.74) is 3.15. The van der Waals surface area contributed by atoms with Crippen LogP contribution >= 0.6 is 0 Å². The molecule has 0 aliphatic carbocycles. The standard InChI is InChI=1S/C23H33N3O2S/c1-6-23(7-2,20-11-9-8-10-12-20)17-26-22(24-4)25-16-19-13-14-21(18(3)15-19)29(5,27)28/h8-15H,6-7,16-17H2,1-5H3,(H2,24,25,26). The van der Waals surface area contributed by atoms with Crippen LogP contribution in [-0.2, 0) is 21.8 Å². The Morgan fingerprint density at radius 3 is 2.21 bits per heavy atom. The topological polar surface area (TPSA) is 70.6 Å². The van der Waals surface area contributed by atoms with E-state index >= 15 is 0 Å². The molecule has 6 heteroatoms. The summed E-state index contributed by atoms with van der Waals surface area (Å²) in [5, 5.41) is 6.81. The first kappa shape index (κ1) is 22.9. The molecule has 0 unspecified atom stereocenters. The molecule has 0 heterocycles. The number of nitrogens with one attached hydrogen (secondary N) is 2. The van der Waals surface area contributed by atoms with Gasteiger partial charge in [-0.3, -0.25) is 4.99 Å². The van der Waals surface area contributed by atoms with Gasteiger partial charge >= 0.3 is 0 Å². The molecule has 0 aromatic heterocycles. The first-order valence-electron chi connectivity index (χ1n) is 10.1. The predicted octanol–water partition coefficient (Wildman–Crippen LogP) is 3.82. The van der Waals surface area contributed by atoms with E-state index in [-0.39, 0.29) is 5.41 Å². The van der Waals surface area contributed by atoms with Gasteiger partial charge in [-0.25, -0.2) is 8.42 Å². The van der Waals surface area contributed by atoms with Gasteiger partial charge in [0.1, 0.15) is 0 Å². The van der Waals surface area contributed by atoms with Crippen LogP contribution in [0.25, 0.3) is 0 Å². The van der Waals surface area contributed by atoms with Crippen molar-refractivity contribution in [3.63, 3.8) is 0 Å². The summed E-state index contributed by atoms with van der Waals surface area (Å²) in [4.78, 5) is 4.72. The number of rotatable bonds is 8. The zero-order chi connectivity index (χ0) is 21.5. The van der Waals surface area contributed by atoms with E-state index in [0.717, 1.165) is 36.5 Å². The molecule has 0 aliphatic rings. The minimum Gasteiger partial charge on any atom is -0.356 e. The third-order valence-corrected chi connectivity index (χ3v) is 6.91. The van der Waals surface area contributed by atoms with Crippen molar-refractivity contribution in [3.8, 4) is 0 Å². The summed E-state index contributed by atoms with van der Waals surface area (Å²) in [7, 11) is -1.44. The van der Waals surface area contributed by atoms with E-state index in [0.29, 0.717) is 11.4 Å². The lowest BCUT2D eigenvalue weighted by molar-refractivity contribution is 0.389. The third-order valence-electron chi connectivity index (χ3n) is 5.66. The van der Waals surface area contributed by atoms with Gasteiger partial charge in [0.25, 0.3) is 0 Å². The number of nitrogens with zero attached hydrogens (tertiary/aromatic N) is 1. The number of aryl methyl sites for hydroxylation is 1. The maximum atomic E-state index is 11.8. The minimum absolute atomic E-state index is 0.0482. The van der Waals surface area contributed by atoms with Gasteiger partial charge in [0.15, 0.2) is 15.8 Å². The SMILES string of the molecule is CCC(CC)(CNC(=NC)NCc1ccc(S(C)(=O)=O)c(C)c1)c1ccccc1. The van der Waals surface area contributed by atoms with E-state index in [2.05, 4.69) is 53.7 Å². The van der Waals surface area contributed by atoms with Crippen molar-refractivity contribution in [2.45, 2.75) is 50.5 Å². The van der Waals surface area contributed by atoms with Gasteiger partial charge in [-0.15, -0.1) is 0 Å². The average Bonchev–Trinajstić information content (AvgIpc) is 2.71. The first-order chi connectivity index (χ1) is 13.8. The largest absolute Gasteiger partial charge is 0.356 e. The summed E-state index contributed by atoms with van der Waals surface area (Å²) >= 11 is 0. The molecule has 2 N–H and O–H groups in total. The molecule has 0 saturated heterocycles. The molecule has 5 nitrogen and oxygen atoms in total. The average molecular weight is 416 g/mol. The predicted molar refractivity (Wildman–Crippen MR) is 121 cm³/mol. The van der Waals surface area contributed by atoms with Crippen LogP contribution in [0.2, 0.25) is 0 Å².